The van der Waals surface area contributed by atoms with Crippen molar-refractivity contribution < 1.29 is 4.79 Å². The van der Waals surface area contributed by atoms with Crippen LogP contribution in [0.15, 0.2) is 48.5 Å². The summed E-state index contributed by atoms with van der Waals surface area (Å²) in [5, 5.41) is 21.4. The number of para-hydroxylation sites is 1. The van der Waals surface area contributed by atoms with Crippen molar-refractivity contribution in [2.45, 2.75) is 25.2 Å². The molecule has 2 aromatic carbocycles. The third kappa shape index (κ3) is 2.50. The van der Waals surface area contributed by atoms with Crippen LogP contribution < -0.4 is 0 Å². The van der Waals surface area contributed by atoms with E-state index in [2.05, 4.69) is 21.6 Å². The maximum Gasteiger partial charge on any atom is 0.174 e. The van der Waals surface area contributed by atoms with E-state index in [0.29, 0.717) is 11.4 Å². The monoisotopic (exact) mass is 329 g/mol. The highest BCUT2D eigenvalue weighted by Crippen LogP contribution is 2.42. The molecule has 3 aromatic rings. The van der Waals surface area contributed by atoms with Crippen molar-refractivity contribution >= 4 is 5.78 Å². The number of hydrogen-bond donors (Lipinski definition) is 0. The molecule has 6 nitrogen and oxygen atoms in total. The first-order chi connectivity index (χ1) is 12.2. The van der Waals surface area contributed by atoms with Crippen LogP contribution in [0, 0.1) is 18.3 Å². The number of ketones is 1. The Morgan fingerprint density at radius 1 is 1.20 bits per heavy atom. The number of carbonyl (C=O) groups excluding carboxylic acids is 1. The van der Waals surface area contributed by atoms with Gasteiger partial charge in [0.15, 0.2) is 11.6 Å². The number of tetrazole rings is 1. The van der Waals surface area contributed by atoms with E-state index in [9.17, 15) is 10.1 Å². The van der Waals surface area contributed by atoms with Crippen LogP contribution in [-0.4, -0.2) is 26.0 Å². The number of nitriles is 1. The van der Waals surface area contributed by atoms with Crippen LogP contribution in [0.2, 0.25) is 0 Å². The SMILES string of the molecule is Cc1ccc(C(=O)C[C@@H]2c3ccccc3-n3nnnc3[C@H]2C#N)cc1. The minimum absolute atomic E-state index is 0.0148. The molecule has 0 aliphatic carbocycles. The number of nitrogens with zero attached hydrogens (tertiary/aromatic N) is 5. The van der Waals surface area contributed by atoms with E-state index in [1.807, 2.05) is 55.5 Å². The molecule has 122 valence electrons. The molecule has 0 N–H and O–H groups in total. The zero-order valence-electron chi connectivity index (χ0n) is 13.6. The van der Waals surface area contributed by atoms with Gasteiger partial charge in [0.1, 0.15) is 5.92 Å². The fourth-order valence-electron chi connectivity index (χ4n) is 3.35. The lowest BCUT2D eigenvalue weighted by Gasteiger charge is -2.28. The summed E-state index contributed by atoms with van der Waals surface area (Å²) < 4.78 is 1.59. The fraction of sp³-hybridized carbons (Fsp3) is 0.211. The van der Waals surface area contributed by atoms with E-state index < -0.39 is 5.92 Å². The van der Waals surface area contributed by atoms with Gasteiger partial charge in [-0.05, 0) is 29.0 Å². The first-order valence-corrected chi connectivity index (χ1v) is 8.06. The van der Waals surface area contributed by atoms with Gasteiger partial charge >= 0.3 is 0 Å². The molecule has 1 aliphatic rings. The highest BCUT2D eigenvalue weighted by atomic mass is 16.1. The maximum absolute atomic E-state index is 12.8. The Morgan fingerprint density at radius 3 is 2.72 bits per heavy atom. The third-order valence-electron chi connectivity index (χ3n) is 4.66. The van der Waals surface area contributed by atoms with Gasteiger partial charge in [-0.25, -0.2) is 0 Å². The number of Topliss-reactive ketones (excluding diaryl/α,β-unsaturated/α-hetero) is 1. The Morgan fingerprint density at radius 2 is 1.96 bits per heavy atom. The zero-order chi connectivity index (χ0) is 17.4. The number of rotatable bonds is 3. The van der Waals surface area contributed by atoms with Crippen LogP contribution in [0.1, 0.15) is 45.6 Å². The summed E-state index contributed by atoms with van der Waals surface area (Å²) in [6.45, 7) is 1.98. The summed E-state index contributed by atoms with van der Waals surface area (Å²) in [6.07, 6.45) is 0.241. The minimum atomic E-state index is -0.556. The molecule has 0 radical (unpaired) electrons. The van der Waals surface area contributed by atoms with E-state index >= 15 is 0 Å². The molecule has 4 rings (SSSR count). The quantitative estimate of drug-likeness (QED) is 0.690. The summed E-state index contributed by atoms with van der Waals surface area (Å²) >= 11 is 0. The number of fused-ring (bicyclic) bond motifs is 3. The van der Waals surface area contributed by atoms with Crippen molar-refractivity contribution in [1.82, 2.24) is 20.2 Å². The molecule has 2 heterocycles. The Kier molecular flexibility index (Phi) is 3.62. The topological polar surface area (TPSA) is 84.5 Å². The molecular formula is C19H15N5O. The Balaban J connectivity index is 1.74. The van der Waals surface area contributed by atoms with Crippen LogP contribution in [0.4, 0.5) is 0 Å². The van der Waals surface area contributed by atoms with Crippen molar-refractivity contribution in [1.29, 1.82) is 5.26 Å². The minimum Gasteiger partial charge on any atom is -0.294 e. The number of carbonyl (C=O) groups is 1. The standard InChI is InChI=1S/C19H15N5O/c1-12-6-8-13(9-7-12)18(25)10-15-14-4-2-3-5-17(14)24-19(16(15)11-20)21-22-23-24/h2-9,15-16H,10H2,1H3/t15-,16+/m1/s1. The Labute approximate surface area is 144 Å². The van der Waals surface area contributed by atoms with Crippen molar-refractivity contribution in [3.8, 4) is 11.8 Å². The number of aryl methyl sites for hydroxylation is 1. The molecular weight excluding hydrogens is 314 g/mol. The van der Waals surface area contributed by atoms with E-state index in [-0.39, 0.29) is 18.1 Å². The lowest BCUT2D eigenvalue weighted by Crippen LogP contribution is -2.24. The molecule has 0 amide bonds. The predicted octanol–water partition coefficient (Wildman–Crippen LogP) is 2.95. The molecule has 1 aromatic heterocycles. The number of benzene rings is 2. The average molecular weight is 329 g/mol. The molecule has 0 saturated carbocycles. The molecule has 2 atom stereocenters. The summed E-state index contributed by atoms with van der Waals surface area (Å²) in [5.74, 6) is -0.323. The molecule has 0 fully saturated rings. The maximum atomic E-state index is 12.8. The summed E-state index contributed by atoms with van der Waals surface area (Å²) in [5.41, 5.74) is 3.52. The Bertz CT molecular complexity index is 984. The zero-order valence-corrected chi connectivity index (χ0v) is 13.6. The second-order valence-corrected chi connectivity index (χ2v) is 6.21. The molecule has 0 unspecified atom stereocenters. The fourth-order valence-corrected chi connectivity index (χ4v) is 3.35. The lowest BCUT2D eigenvalue weighted by molar-refractivity contribution is 0.0970. The van der Waals surface area contributed by atoms with Gasteiger partial charge in [-0.1, -0.05) is 48.0 Å². The molecule has 1 aliphatic heterocycles. The van der Waals surface area contributed by atoms with Gasteiger partial charge in [0.25, 0.3) is 0 Å². The van der Waals surface area contributed by atoms with E-state index in [1.54, 1.807) is 4.68 Å². The summed E-state index contributed by atoms with van der Waals surface area (Å²) in [4.78, 5) is 12.8. The molecule has 0 bridgehead atoms. The van der Waals surface area contributed by atoms with Crippen LogP contribution in [-0.2, 0) is 0 Å². The van der Waals surface area contributed by atoms with Gasteiger partial charge in [0.05, 0.1) is 11.8 Å². The normalized spacial score (nSPS) is 18.1. The average Bonchev–Trinajstić information content (AvgIpc) is 3.12. The highest BCUT2D eigenvalue weighted by Gasteiger charge is 2.37. The summed E-state index contributed by atoms with van der Waals surface area (Å²) in [6, 6.07) is 17.5. The lowest BCUT2D eigenvalue weighted by atomic mass is 9.79. The van der Waals surface area contributed by atoms with E-state index in [4.69, 9.17) is 0 Å². The second-order valence-electron chi connectivity index (χ2n) is 6.21. The first-order valence-electron chi connectivity index (χ1n) is 8.06. The molecule has 0 saturated heterocycles. The van der Waals surface area contributed by atoms with Crippen molar-refractivity contribution in [2.75, 3.05) is 0 Å². The first kappa shape index (κ1) is 15.2. The van der Waals surface area contributed by atoms with Crippen LogP contribution >= 0.6 is 0 Å². The molecule has 25 heavy (non-hydrogen) atoms. The summed E-state index contributed by atoms with van der Waals surface area (Å²) in [7, 11) is 0. The van der Waals surface area contributed by atoms with E-state index in [1.165, 1.54) is 0 Å². The van der Waals surface area contributed by atoms with Gasteiger partial charge in [-0.2, -0.15) is 9.94 Å². The Hall–Kier alpha value is -3.33. The van der Waals surface area contributed by atoms with Crippen LogP contribution in [0.3, 0.4) is 0 Å². The number of aromatic nitrogens is 4. The van der Waals surface area contributed by atoms with Crippen LogP contribution in [0.5, 0.6) is 0 Å². The van der Waals surface area contributed by atoms with Gasteiger partial charge < -0.3 is 0 Å². The van der Waals surface area contributed by atoms with Gasteiger partial charge in [0.2, 0.25) is 0 Å². The van der Waals surface area contributed by atoms with Crippen molar-refractivity contribution in [2.24, 2.45) is 0 Å². The van der Waals surface area contributed by atoms with Gasteiger partial charge in [-0.15, -0.1) is 5.10 Å². The molecule has 0 spiro atoms. The molecule has 6 heteroatoms. The van der Waals surface area contributed by atoms with Crippen LogP contribution in [0.25, 0.3) is 5.69 Å². The smallest absolute Gasteiger partial charge is 0.174 e. The predicted molar refractivity (Wildman–Crippen MR) is 90.4 cm³/mol. The highest BCUT2D eigenvalue weighted by molar-refractivity contribution is 5.96. The van der Waals surface area contributed by atoms with E-state index in [0.717, 1.165) is 16.8 Å². The second kappa shape index (κ2) is 5.95. The van der Waals surface area contributed by atoms with Crippen molar-refractivity contribution in [3.05, 3.63) is 71.0 Å². The largest absolute Gasteiger partial charge is 0.294 e. The van der Waals surface area contributed by atoms with Gasteiger partial charge in [0, 0.05) is 17.9 Å². The van der Waals surface area contributed by atoms with Crippen molar-refractivity contribution in [3.63, 3.8) is 0 Å². The third-order valence-corrected chi connectivity index (χ3v) is 4.66. The van der Waals surface area contributed by atoms with Gasteiger partial charge in [-0.3, -0.25) is 4.79 Å². The number of hydrogen-bond acceptors (Lipinski definition) is 5.